The first-order chi connectivity index (χ1) is 8.90. The number of anilines is 1. The molecule has 0 unspecified atom stereocenters. The lowest BCUT2D eigenvalue weighted by molar-refractivity contribution is 0.102. The van der Waals surface area contributed by atoms with Gasteiger partial charge in [-0.05, 0) is 25.5 Å². The molecule has 3 N–H and O–H groups in total. The number of rotatable bonds is 3. The van der Waals surface area contributed by atoms with Crippen molar-refractivity contribution >= 4 is 40.3 Å². The first-order valence-electron chi connectivity index (χ1n) is 5.60. The number of amides is 1. The summed E-state index contributed by atoms with van der Waals surface area (Å²) < 4.78 is 1.54. The number of aromatic nitrogens is 2. The van der Waals surface area contributed by atoms with Crippen molar-refractivity contribution in [2.75, 3.05) is 5.32 Å². The molecule has 2 rings (SSSR count). The molecule has 0 spiro atoms. The van der Waals surface area contributed by atoms with Gasteiger partial charge in [0.05, 0.1) is 16.6 Å². The van der Waals surface area contributed by atoms with Crippen molar-refractivity contribution in [3.05, 3.63) is 33.1 Å². The van der Waals surface area contributed by atoms with E-state index >= 15 is 0 Å². The number of nitrogens with two attached hydrogens (primary N) is 1. The third kappa shape index (κ3) is 2.66. The summed E-state index contributed by atoms with van der Waals surface area (Å²) in [5, 5.41) is 6.85. The molecule has 0 atom stereocenters. The third-order valence-electron chi connectivity index (χ3n) is 2.83. The SMILES string of the molecule is Cc1cc(C(=O)Nc2c(C(N)=S)cnn2C)sc1C. The summed E-state index contributed by atoms with van der Waals surface area (Å²) in [6.45, 7) is 3.97. The molecule has 7 heteroatoms. The minimum absolute atomic E-state index is 0.178. The highest BCUT2D eigenvalue weighted by Gasteiger charge is 2.16. The molecule has 0 radical (unpaired) electrons. The predicted molar refractivity (Wildman–Crippen MR) is 80.8 cm³/mol. The third-order valence-corrected chi connectivity index (χ3v) is 4.20. The van der Waals surface area contributed by atoms with Crippen molar-refractivity contribution in [3.8, 4) is 0 Å². The van der Waals surface area contributed by atoms with Crippen LogP contribution in [0.15, 0.2) is 12.3 Å². The number of hydrogen-bond acceptors (Lipinski definition) is 4. The first-order valence-corrected chi connectivity index (χ1v) is 6.82. The quantitative estimate of drug-likeness (QED) is 0.849. The molecule has 19 heavy (non-hydrogen) atoms. The van der Waals surface area contributed by atoms with Crippen molar-refractivity contribution in [1.82, 2.24) is 9.78 Å². The Morgan fingerprint density at radius 3 is 2.74 bits per heavy atom. The highest BCUT2D eigenvalue weighted by atomic mass is 32.1. The standard InChI is InChI=1S/C12H14N4OS2/c1-6-4-9(19-7(6)2)12(17)15-11-8(10(13)18)5-14-16(11)3/h4-5H,1-3H3,(H2,13,18)(H,15,17). The largest absolute Gasteiger partial charge is 0.389 e. The molecule has 2 aromatic rings. The Labute approximate surface area is 120 Å². The van der Waals surface area contributed by atoms with E-state index in [9.17, 15) is 4.79 Å². The van der Waals surface area contributed by atoms with Crippen LogP contribution >= 0.6 is 23.6 Å². The lowest BCUT2D eigenvalue weighted by Gasteiger charge is -2.06. The molecule has 100 valence electrons. The average Bonchev–Trinajstić information content (AvgIpc) is 2.85. The number of hydrogen-bond donors (Lipinski definition) is 2. The maximum absolute atomic E-state index is 12.2. The second-order valence-electron chi connectivity index (χ2n) is 4.20. The Hall–Kier alpha value is -1.73. The maximum Gasteiger partial charge on any atom is 0.266 e. The van der Waals surface area contributed by atoms with E-state index in [2.05, 4.69) is 10.4 Å². The van der Waals surface area contributed by atoms with Gasteiger partial charge in [0.2, 0.25) is 0 Å². The van der Waals surface area contributed by atoms with Crippen LogP contribution in [0.3, 0.4) is 0 Å². The fourth-order valence-corrected chi connectivity index (χ4v) is 2.70. The Morgan fingerprint density at radius 2 is 2.21 bits per heavy atom. The Kier molecular flexibility index (Phi) is 3.68. The van der Waals surface area contributed by atoms with Gasteiger partial charge in [-0.2, -0.15) is 5.10 Å². The minimum atomic E-state index is -0.178. The molecule has 0 bridgehead atoms. The topological polar surface area (TPSA) is 72.9 Å². The highest BCUT2D eigenvalue weighted by Crippen LogP contribution is 2.22. The van der Waals surface area contributed by atoms with Crippen LogP contribution in [0.25, 0.3) is 0 Å². The fraction of sp³-hybridized carbons (Fsp3) is 0.250. The molecular weight excluding hydrogens is 280 g/mol. The zero-order valence-corrected chi connectivity index (χ0v) is 12.5. The van der Waals surface area contributed by atoms with Crippen LogP contribution in [-0.4, -0.2) is 20.7 Å². The van der Waals surface area contributed by atoms with Gasteiger partial charge in [-0.15, -0.1) is 11.3 Å². The lowest BCUT2D eigenvalue weighted by Crippen LogP contribution is -2.18. The van der Waals surface area contributed by atoms with Gasteiger partial charge in [-0.25, -0.2) is 0 Å². The van der Waals surface area contributed by atoms with Gasteiger partial charge in [0.15, 0.2) is 0 Å². The van der Waals surface area contributed by atoms with Crippen molar-refractivity contribution in [1.29, 1.82) is 0 Å². The number of nitrogens with zero attached hydrogens (tertiary/aromatic N) is 2. The van der Waals surface area contributed by atoms with E-state index in [4.69, 9.17) is 18.0 Å². The maximum atomic E-state index is 12.2. The summed E-state index contributed by atoms with van der Waals surface area (Å²) in [6, 6.07) is 1.87. The summed E-state index contributed by atoms with van der Waals surface area (Å²) in [5.41, 5.74) is 7.27. The summed E-state index contributed by atoms with van der Waals surface area (Å²) >= 11 is 6.39. The summed E-state index contributed by atoms with van der Waals surface area (Å²) in [5.74, 6) is 0.337. The lowest BCUT2D eigenvalue weighted by atomic mass is 10.2. The molecule has 0 saturated carbocycles. The van der Waals surface area contributed by atoms with Gasteiger partial charge in [-0.1, -0.05) is 12.2 Å². The fourth-order valence-electron chi connectivity index (χ4n) is 1.62. The average molecular weight is 294 g/mol. The molecule has 0 fully saturated rings. The van der Waals surface area contributed by atoms with Crippen LogP contribution in [0, 0.1) is 13.8 Å². The second-order valence-corrected chi connectivity index (χ2v) is 5.89. The van der Waals surface area contributed by atoms with E-state index in [0.29, 0.717) is 16.3 Å². The van der Waals surface area contributed by atoms with Crippen molar-refractivity contribution in [2.24, 2.45) is 12.8 Å². The van der Waals surface area contributed by atoms with E-state index in [-0.39, 0.29) is 10.9 Å². The molecule has 0 saturated heterocycles. The number of carbonyl (C=O) groups excluding carboxylic acids is 1. The second kappa shape index (κ2) is 5.10. The van der Waals surface area contributed by atoms with Gasteiger partial charge in [0, 0.05) is 11.9 Å². The van der Waals surface area contributed by atoms with Crippen molar-refractivity contribution in [2.45, 2.75) is 13.8 Å². The Balaban J connectivity index is 2.29. The van der Waals surface area contributed by atoms with Gasteiger partial charge in [0.25, 0.3) is 5.91 Å². The van der Waals surface area contributed by atoms with E-state index < -0.39 is 0 Å². The van der Waals surface area contributed by atoms with Crippen LogP contribution < -0.4 is 11.1 Å². The molecule has 5 nitrogen and oxygen atoms in total. The zero-order chi connectivity index (χ0) is 14.2. The Morgan fingerprint density at radius 1 is 1.53 bits per heavy atom. The van der Waals surface area contributed by atoms with Crippen LogP contribution in [0.4, 0.5) is 5.82 Å². The van der Waals surface area contributed by atoms with Crippen molar-refractivity contribution < 1.29 is 4.79 Å². The molecule has 0 aliphatic carbocycles. The first kappa shape index (κ1) is 13.7. The smallest absolute Gasteiger partial charge is 0.266 e. The molecule has 2 heterocycles. The van der Waals surface area contributed by atoms with Crippen LogP contribution in [0.5, 0.6) is 0 Å². The molecule has 2 aromatic heterocycles. The van der Waals surface area contributed by atoms with Crippen LogP contribution in [0.1, 0.15) is 25.7 Å². The Bertz CT molecular complexity index is 637. The monoisotopic (exact) mass is 294 g/mol. The molecule has 0 aliphatic heterocycles. The number of aryl methyl sites for hydroxylation is 3. The molecule has 0 aromatic carbocycles. The minimum Gasteiger partial charge on any atom is -0.389 e. The summed E-state index contributed by atoms with van der Waals surface area (Å²) in [7, 11) is 1.72. The van der Waals surface area contributed by atoms with E-state index in [0.717, 1.165) is 10.4 Å². The van der Waals surface area contributed by atoms with Gasteiger partial charge >= 0.3 is 0 Å². The highest BCUT2D eigenvalue weighted by molar-refractivity contribution is 7.80. The molecular formula is C12H14N4OS2. The van der Waals surface area contributed by atoms with Crippen LogP contribution in [0.2, 0.25) is 0 Å². The number of nitrogens with one attached hydrogen (secondary N) is 1. The summed E-state index contributed by atoms with van der Waals surface area (Å²) in [6.07, 6.45) is 1.54. The number of thiophene rings is 1. The molecule has 1 amide bonds. The van der Waals surface area contributed by atoms with Gasteiger partial charge < -0.3 is 11.1 Å². The normalized spacial score (nSPS) is 10.5. The summed E-state index contributed by atoms with van der Waals surface area (Å²) in [4.78, 5) is 14.2. The number of thiocarbonyl (C=S) groups is 1. The van der Waals surface area contributed by atoms with E-state index in [1.54, 1.807) is 17.9 Å². The number of carbonyl (C=O) groups is 1. The molecule has 0 aliphatic rings. The predicted octanol–water partition coefficient (Wildman–Crippen LogP) is 1.98. The zero-order valence-electron chi connectivity index (χ0n) is 10.9. The van der Waals surface area contributed by atoms with Gasteiger partial charge in [0.1, 0.15) is 10.8 Å². The van der Waals surface area contributed by atoms with Crippen molar-refractivity contribution in [3.63, 3.8) is 0 Å². The van der Waals surface area contributed by atoms with E-state index in [1.807, 2.05) is 19.9 Å². The van der Waals surface area contributed by atoms with E-state index in [1.165, 1.54) is 11.3 Å². The van der Waals surface area contributed by atoms with Gasteiger partial charge in [-0.3, -0.25) is 9.48 Å². The van der Waals surface area contributed by atoms with Crippen LogP contribution in [-0.2, 0) is 7.05 Å².